The average molecular weight is 505 g/mol. The van der Waals surface area contributed by atoms with Gasteiger partial charge < -0.3 is 4.79 Å². The van der Waals surface area contributed by atoms with Crippen LogP contribution in [0.15, 0.2) is 12.2 Å². The van der Waals surface area contributed by atoms with E-state index in [0.717, 1.165) is 38.4 Å². The van der Waals surface area contributed by atoms with Gasteiger partial charge in [-0.15, -0.1) is 0 Å². The van der Waals surface area contributed by atoms with Gasteiger partial charge in [0.15, 0.2) is 0 Å². The van der Waals surface area contributed by atoms with Crippen molar-refractivity contribution in [2.24, 2.45) is 5.92 Å². The van der Waals surface area contributed by atoms with Gasteiger partial charge in [0.2, 0.25) is 0 Å². The molecule has 1 atom stereocenters. The summed E-state index contributed by atoms with van der Waals surface area (Å²) in [5, 5.41) is 0. The first-order valence-corrected chi connectivity index (χ1v) is 16.4. The molecule has 0 aromatic heterocycles. The van der Waals surface area contributed by atoms with E-state index in [-0.39, 0.29) is 11.7 Å². The number of Topliss-reactive ketones (excluding diaryl/α,β-unsaturated/α-hetero) is 1. The van der Waals surface area contributed by atoms with Crippen LogP contribution in [0.25, 0.3) is 0 Å². The molecule has 0 spiro atoms. The van der Waals surface area contributed by atoms with Crippen LogP contribution in [-0.2, 0) is 9.59 Å². The summed E-state index contributed by atoms with van der Waals surface area (Å²) in [4.78, 5) is 23.8. The van der Waals surface area contributed by atoms with E-state index < -0.39 is 0 Å². The maximum Gasteiger partial charge on any atom is 0.143 e. The molecule has 0 amide bonds. The van der Waals surface area contributed by atoms with Gasteiger partial charge in [0.1, 0.15) is 12.1 Å². The van der Waals surface area contributed by atoms with Gasteiger partial charge in [0, 0.05) is 6.42 Å². The molecule has 2 nitrogen and oxygen atoms in total. The lowest BCUT2D eigenvalue weighted by atomic mass is 9.94. The van der Waals surface area contributed by atoms with Gasteiger partial charge in [-0.2, -0.15) is 0 Å². The molecule has 0 bridgehead atoms. The standard InChI is InChI=1S/C34H64O2/c1-3-5-7-9-11-13-15-17-19-20-22-24-26-28-30-33(32-35)34(36)31-29-27-25-23-21-18-16-14-12-10-8-6-4-2/h17,19,32-33H,3-16,18,20-31H2,1-2H3/b19-17-. The molecule has 0 heterocycles. The van der Waals surface area contributed by atoms with Crippen LogP contribution in [0.1, 0.15) is 187 Å². The monoisotopic (exact) mass is 504 g/mol. The molecule has 1 unspecified atom stereocenters. The van der Waals surface area contributed by atoms with Crippen LogP contribution in [0.4, 0.5) is 0 Å². The van der Waals surface area contributed by atoms with Crippen molar-refractivity contribution in [2.45, 2.75) is 187 Å². The molecule has 0 aromatic rings. The molecule has 0 aliphatic carbocycles. The fourth-order valence-corrected chi connectivity index (χ4v) is 5.07. The van der Waals surface area contributed by atoms with Gasteiger partial charge in [0.25, 0.3) is 0 Å². The van der Waals surface area contributed by atoms with E-state index in [1.807, 2.05) is 0 Å². The Bertz CT molecular complexity index is 482. The summed E-state index contributed by atoms with van der Waals surface area (Å²) in [7, 11) is 0. The molecule has 36 heavy (non-hydrogen) atoms. The first-order chi connectivity index (χ1) is 17.8. The molecule has 0 saturated carbocycles. The fraction of sp³-hybridized carbons (Fsp3) is 0.882. The summed E-state index contributed by atoms with van der Waals surface area (Å²) < 4.78 is 0. The molecular formula is C34H64O2. The molecule has 0 aliphatic rings. The van der Waals surface area contributed by atoms with Gasteiger partial charge in [0.05, 0.1) is 5.92 Å². The van der Waals surface area contributed by atoms with E-state index in [9.17, 15) is 9.59 Å². The number of carbonyl (C=O) groups is 2. The maximum atomic E-state index is 12.4. The minimum Gasteiger partial charge on any atom is -0.303 e. The van der Waals surface area contributed by atoms with Gasteiger partial charge in [-0.3, -0.25) is 4.79 Å². The molecule has 0 fully saturated rings. The zero-order valence-corrected chi connectivity index (χ0v) is 24.7. The number of carbonyl (C=O) groups excluding carboxylic acids is 2. The summed E-state index contributed by atoms with van der Waals surface area (Å²) in [6, 6.07) is 0. The third kappa shape index (κ3) is 26.2. The van der Waals surface area contributed by atoms with Gasteiger partial charge >= 0.3 is 0 Å². The Morgan fingerprint density at radius 1 is 0.500 bits per heavy atom. The maximum absolute atomic E-state index is 12.4. The van der Waals surface area contributed by atoms with Gasteiger partial charge in [-0.1, -0.05) is 154 Å². The van der Waals surface area contributed by atoms with Crippen molar-refractivity contribution in [3.63, 3.8) is 0 Å². The van der Waals surface area contributed by atoms with Gasteiger partial charge in [-0.25, -0.2) is 0 Å². The van der Waals surface area contributed by atoms with Gasteiger partial charge in [-0.05, 0) is 38.5 Å². The van der Waals surface area contributed by atoms with E-state index in [4.69, 9.17) is 0 Å². The number of allylic oxidation sites excluding steroid dienone is 2. The lowest BCUT2D eigenvalue weighted by Crippen LogP contribution is -2.15. The van der Waals surface area contributed by atoms with Crippen LogP contribution in [-0.4, -0.2) is 12.1 Å². The van der Waals surface area contributed by atoms with Crippen LogP contribution in [0, 0.1) is 5.92 Å². The fourth-order valence-electron chi connectivity index (χ4n) is 5.07. The van der Waals surface area contributed by atoms with Crippen molar-refractivity contribution < 1.29 is 9.59 Å². The van der Waals surface area contributed by atoms with E-state index in [1.165, 1.54) is 135 Å². The number of hydrogen-bond donors (Lipinski definition) is 0. The second kappa shape index (κ2) is 30.3. The summed E-state index contributed by atoms with van der Waals surface area (Å²) in [6.07, 6.45) is 39.3. The van der Waals surface area contributed by atoms with E-state index >= 15 is 0 Å². The van der Waals surface area contributed by atoms with E-state index in [2.05, 4.69) is 26.0 Å². The number of rotatable bonds is 30. The van der Waals surface area contributed by atoms with Crippen molar-refractivity contribution in [1.82, 2.24) is 0 Å². The molecule has 0 saturated heterocycles. The van der Waals surface area contributed by atoms with Crippen molar-refractivity contribution >= 4 is 12.1 Å². The largest absolute Gasteiger partial charge is 0.303 e. The first-order valence-electron chi connectivity index (χ1n) is 16.4. The SMILES string of the molecule is CCCCCCCC/C=C\CCCCCCC(C=O)C(=O)CCCCCCCCCCCCCCC. The van der Waals surface area contributed by atoms with E-state index in [0.29, 0.717) is 6.42 Å². The smallest absolute Gasteiger partial charge is 0.143 e. The molecule has 0 radical (unpaired) electrons. The van der Waals surface area contributed by atoms with Crippen LogP contribution < -0.4 is 0 Å². The van der Waals surface area contributed by atoms with Crippen LogP contribution in [0.5, 0.6) is 0 Å². The van der Waals surface area contributed by atoms with Crippen molar-refractivity contribution in [2.75, 3.05) is 0 Å². The molecule has 212 valence electrons. The highest BCUT2D eigenvalue weighted by Gasteiger charge is 2.16. The second-order valence-corrected chi connectivity index (χ2v) is 11.2. The lowest BCUT2D eigenvalue weighted by Gasteiger charge is -2.09. The summed E-state index contributed by atoms with van der Waals surface area (Å²) >= 11 is 0. The Morgan fingerprint density at radius 2 is 0.861 bits per heavy atom. The molecule has 0 aliphatic heterocycles. The highest BCUT2D eigenvalue weighted by Crippen LogP contribution is 2.16. The number of ketones is 1. The predicted molar refractivity (Wildman–Crippen MR) is 160 cm³/mol. The van der Waals surface area contributed by atoms with Crippen LogP contribution in [0.3, 0.4) is 0 Å². The Kier molecular flexibility index (Phi) is 29.5. The molecular weight excluding hydrogens is 440 g/mol. The Labute approximate surface area is 226 Å². The highest BCUT2D eigenvalue weighted by atomic mass is 16.1. The third-order valence-electron chi connectivity index (χ3n) is 7.63. The quantitative estimate of drug-likeness (QED) is 0.0422. The van der Waals surface area contributed by atoms with E-state index in [1.54, 1.807) is 0 Å². The Hall–Kier alpha value is -0.920. The first kappa shape index (κ1) is 35.1. The number of unbranched alkanes of at least 4 members (excludes halogenated alkanes) is 22. The molecule has 0 N–H and O–H groups in total. The van der Waals surface area contributed by atoms with Crippen molar-refractivity contribution in [3.8, 4) is 0 Å². The average Bonchev–Trinajstić information content (AvgIpc) is 2.89. The minimum absolute atomic E-state index is 0.186. The second-order valence-electron chi connectivity index (χ2n) is 11.2. The number of aldehydes is 1. The Balaban J connectivity index is 3.48. The summed E-state index contributed by atoms with van der Waals surface area (Å²) in [5.41, 5.74) is 0. The topological polar surface area (TPSA) is 34.1 Å². The van der Waals surface area contributed by atoms with Crippen molar-refractivity contribution in [1.29, 1.82) is 0 Å². The van der Waals surface area contributed by atoms with Crippen molar-refractivity contribution in [3.05, 3.63) is 12.2 Å². The predicted octanol–water partition coefficient (Wildman–Crippen LogP) is 11.5. The molecule has 0 rings (SSSR count). The minimum atomic E-state index is -0.348. The molecule has 2 heteroatoms. The third-order valence-corrected chi connectivity index (χ3v) is 7.63. The number of hydrogen-bond acceptors (Lipinski definition) is 2. The molecule has 0 aromatic carbocycles. The zero-order chi connectivity index (χ0) is 26.4. The lowest BCUT2D eigenvalue weighted by molar-refractivity contribution is -0.127. The summed E-state index contributed by atoms with van der Waals surface area (Å²) in [5.74, 6) is -0.162. The highest BCUT2D eigenvalue weighted by molar-refractivity contribution is 5.93. The Morgan fingerprint density at radius 3 is 1.28 bits per heavy atom. The normalized spacial score (nSPS) is 12.4. The summed E-state index contributed by atoms with van der Waals surface area (Å²) in [6.45, 7) is 4.54. The van der Waals surface area contributed by atoms with Crippen LogP contribution >= 0.6 is 0 Å². The zero-order valence-electron chi connectivity index (χ0n) is 24.7. The van der Waals surface area contributed by atoms with Crippen LogP contribution in [0.2, 0.25) is 0 Å².